The Labute approximate surface area is 133 Å². The largest absolute Gasteiger partial charge is 0.347 e. The number of nitrogens with one attached hydrogen (secondary N) is 1. The maximum absolute atomic E-state index is 12.4. The average molecular weight is 324 g/mol. The van der Waals surface area contributed by atoms with E-state index in [-0.39, 0.29) is 17.9 Å². The molecule has 0 fully saturated rings. The number of amides is 1. The summed E-state index contributed by atoms with van der Waals surface area (Å²) in [4.78, 5) is 12.9. The summed E-state index contributed by atoms with van der Waals surface area (Å²) in [6, 6.07) is 9.87. The minimum absolute atomic E-state index is 0.108. The lowest BCUT2D eigenvalue weighted by Crippen LogP contribution is -2.37. The number of hydrogen-bond acceptors (Lipinski definition) is 4. The highest BCUT2D eigenvalue weighted by molar-refractivity contribution is 7.08. The quantitative estimate of drug-likeness (QED) is 0.830. The van der Waals surface area contributed by atoms with Gasteiger partial charge in [-0.2, -0.15) is 0 Å². The molecule has 6 heteroatoms. The Bertz CT molecular complexity index is 586. The zero-order chi connectivity index (χ0) is 15.2. The Kier molecular flexibility index (Phi) is 5.70. The summed E-state index contributed by atoms with van der Waals surface area (Å²) >= 11 is 7.11. The van der Waals surface area contributed by atoms with Crippen molar-refractivity contribution in [3.63, 3.8) is 0 Å². The van der Waals surface area contributed by atoms with E-state index in [0.29, 0.717) is 17.2 Å². The third kappa shape index (κ3) is 4.25. The number of hydrogen-bond donors (Lipinski definition) is 1. The van der Waals surface area contributed by atoms with E-state index in [9.17, 15) is 4.79 Å². The number of benzene rings is 1. The lowest BCUT2D eigenvalue weighted by molar-refractivity contribution is 0.0943. The maximum atomic E-state index is 12.4. The van der Waals surface area contributed by atoms with Crippen LogP contribution >= 0.6 is 23.1 Å². The summed E-state index contributed by atoms with van der Waals surface area (Å²) in [5.41, 5.74) is 1.89. The SMILES string of the molecule is CC(C)c1nnsc1C(=O)NC(CCl)Cc1ccccc1. The Morgan fingerprint density at radius 3 is 2.67 bits per heavy atom. The fourth-order valence-electron chi connectivity index (χ4n) is 2.03. The van der Waals surface area contributed by atoms with Gasteiger partial charge in [0.2, 0.25) is 0 Å². The van der Waals surface area contributed by atoms with Crippen LogP contribution in [0.5, 0.6) is 0 Å². The molecule has 2 aromatic rings. The third-order valence-electron chi connectivity index (χ3n) is 3.11. The van der Waals surface area contributed by atoms with Gasteiger partial charge in [-0.15, -0.1) is 16.7 Å². The molecule has 1 atom stereocenters. The minimum Gasteiger partial charge on any atom is -0.347 e. The molecule has 0 bridgehead atoms. The van der Waals surface area contributed by atoms with Gasteiger partial charge >= 0.3 is 0 Å². The molecule has 112 valence electrons. The number of aromatic nitrogens is 2. The van der Waals surface area contributed by atoms with Crippen molar-refractivity contribution in [2.24, 2.45) is 0 Å². The van der Waals surface area contributed by atoms with E-state index in [1.807, 2.05) is 44.2 Å². The zero-order valence-corrected chi connectivity index (χ0v) is 13.6. The van der Waals surface area contributed by atoms with E-state index in [1.54, 1.807) is 0 Å². The van der Waals surface area contributed by atoms with Crippen LogP contribution in [0.1, 0.15) is 40.7 Å². The summed E-state index contributed by atoms with van der Waals surface area (Å²) in [7, 11) is 0. The van der Waals surface area contributed by atoms with E-state index in [4.69, 9.17) is 11.6 Å². The Balaban J connectivity index is 2.04. The third-order valence-corrected chi connectivity index (χ3v) is 4.23. The van der Waals surface area contributed by atoms with Gasteiger partial charge in [0.05, 0.1) is 5.69 Å². The molecule has 4 nitrogen and oxygen atoms in total. The van der Waals surface area contributed by atoms with Gasteiger partial charge in [-0.1, -0.05) is 48.7 Å². The molecular weight excluding hydrogens is 306 g/mol. The van der Waals surface area contributed by atoms with Crippen LogP contribution < -0.4 is 5.32 Å². The minimum atomic E-state index is -0.143. The summed E-state index contributed by atoms with van der Waals surface area (Å²) in [5.74, 6) is 0.396. The van der Waals surface area contributed by atoms with Gasteiger partial charge < -0.3 is 5.32 Å². The molecule has 1 amide bonds. The number of carbonyl (C=O) groups is 1. The Morgan fingerprint density at radius 1 is 1.33 bits per heavy atom. The second-order valence-corrected chi connectivity index (χ2v) is 6.22. The van der Waals surface area contributed by atoms with Crippen molar-refractivity contribution >= 4 is 29.0 Å². The number of alkyl halides is 1. The molecule has 1 heterocycles. The van der Waals surface area contributed by atoms with Crippen LogP contribution in [0.4, 0.5) is 0 Å². The van der Waals surface area contributed by atoms with Crippen molar-refractivity contribution in [1.29, 1.82) is 0 Å². The van der Waals surface area contributed by atoms with Crippen molar-refractivity contribution in [3.05, 3.63) is 46.5 Å². The highest BCUT2D eigenvalue weighted by Crippen LogP contribution is 2.19. The normalized spacial score (nSPS) is 12.4. The summed E-state index contributed by atoms with van der Waals surface area (Å²) < 4.78 is 3.88. The standard InChI is InChI=1S/C15H18ClN3OS/c1-10(2)13-14(21-19-18-13)15(20)17-12(9-16)8-11-6-4-3-5-7-11/h3-7,10,12H,8-9H2,1-2H3,(H,17,20). The fraction of sp³-hybridized carbons (Fsp3) is 0.400. The molecule has 21 heavy (non-hydrogen) atoms. The van der Waals surface area contributed by atoms with Gasteiger partial charge in [0.1, 0.15) is 4.88 Å². The molecule has 0 saturated heterocycles. The Hall–Kier alpha value is -1.46. The topological polar surface area (TPSA) is 54.9 Å². The van der Waals surface area contributed by atoms with Crippen LogP contribution in [0, 0.1) is 0 Å². The van der Waals surface area contributed by atoms with Crippen molar-refractivity contribution in [1.82, 2.24) is 14.9 Å². The van der Waals surface area contributed by atoms with Gasteiger partial charge in [-0.25, -0.2) is 0 Å². The molecule has 0 saturated carbocycles. The fourth-order valence-corrected chi connectivity index (χ4v) is 2.94. The predicted molar refractivity (Wildman–Crippen MR) is 86.1 cm³/mol. The highest BCUT2D eigenvalue weighted by Gasteiger charge is 2.21. The van der Waals surface area contributed by atoms with Crippen LogP contribution in [0.15, 0.2) is 30.3 Å². The molecule has 0 aliphatic carbocycles. The van der Waals surface area contributed by atoms with E-state index < -0.39 is 0 Å². The van der Waals surface area contributed by atoms with Gasteiger partial charge in [0.15, 0.2) is 0 Å². The van der Waals surface area contributed by atoms with Crippen molar-refractivity contribution in [3.8, 4) is 0 Å². The molecule has 0 spiro atoms. The van der Waals surface area contributed by atoms with Crippen molar-refractivity contribution in [2.45, 2.75) is 32.2 Å². The second-order valence-electron chi connectivity index (χ2n) is 5.16. The first kappa shape index (κ1) is 15.9. The van der Waals surface area contributed by atoms with Crippen molar-refractivity contribution in [2.75, 3.05) is 5.88 Å². The molecule has 1 unspecified atom stereocenters. The van der Waals surface area contributed by atoms with Gasteiger partial charge in [0, 0.05) is 11.9 Å². The molecule has 2 rings (SSSR count). The van der Waals surface area contributed by atoms with Gasteiger partial charge in [0.25, 0.3) is 5.91 Å². The number of carbonyl (C=O) groups excluding carboxylic acids is 1. The maximum Gasteiger partial charge on any atom is 0.265 e. The number of rotatable bonds is 6. The van der Waals surface area contributed by atoms with Crippen LogP contribution in [-0.2, 0) is 6.42 Å². The highest BCUT2D eigenvalue weighted by atomic mass is 35.5. The first-order chi connectivity index (χ1) is 10.1. The van der Waals surface area contributed by atoms with Gasteiger partial charge in [-0.05, 0) is 29.4 Å². The molecule has 1 aromatic carbocycles. The summed E-state index contributed by atoms with van der Waals surface area (Å²) in [5, 5.41) is 7.00. The van der Waals surface area contributed by atoms with E-state index in [2.05, 4.69) is 14.9 Å². The predicted octanol–water partition coefficient (Wildman–Crippen LogP) is 3.24. The lowest BCUT2D eigenvalue weighted by Gasteiger charge is -2.16. The smallest absolute Gasteiger partial charge is 0.265 e. The molecule has 1 N–H and O–H groups in total. The van der Waals surface area contributed by atoms with E-state index in [1.165, 1.54) is 0 Å². The second kappa shape index (κ2) is 7.52. The molecule has 1 aromatic heterocycles. The average Bonchev–Trinajstić information content (AvgIpc) is 2.97. The molecular formula is C15H18ClN3OS. The number of nitrogens with zero attached hydrogens (tertiary/aromatic N) is 2. The lowest BCUT2D eigenvalue weighted by atomic mass is 10.1. The van der Waals surface area contributed by atoms with Crippen LogP contribution in [0.2, 0.25) is 0 Å². The summed E-state index contributed by atoms with van der Waals surface area (Å²) in [6.07, 6.45) is 0.708. The molecule has 0 aliphatic heterocycles. The van der Waals surface area contributed by atoms with E-state index in [0.717, 1.165) is 22.8 Å². The first-order valence-electron chi connectivity index (χ1n) is 6.84. The molecule has 0 radical (unpaired) electrons. The monoisotopic (exact) mass is 323 g/mol. The van der Waals surface area contributed by atoms with Crippen molar-refractivity contribution < 1.29 is 4.79 Å². The zero-order valence-electron chi connectivity index (χ0n) is 12.0. The van der Waals surface area contributed by atoms with Crippen LogP contribution in [-0.4, -0.2) is 27.4 Å². The number of halogens is 1. The molecule has 0 aliphatic rings. The van der Waals surface area contributed by atoms with E-state index >= 15 is 0 Å². The van der Waals surface area contributed by atoms with Crippen LogP contribution in [0.25, 0.3) is 0 Å². The van der Waals surface area contributed by atoms with Crippen LogP contribution in [0.3, 0.4) is 0 Å². The Morgan fingerprint density at radius 2 is 2.05 bits per heavy atom. The van der Waals surface area contributed by atoms with Gasteiger partial charge in [-0.3, -0.25) is 4.79 Å². The summed E-state index contributed by atoms with van der Waals surface area (Å²) in [6.45, 7) is 3.99. The first-order valence-corrected chi connectivity index (χ1v) is 8.15.